The van der Waals surface area contributed by atoms with Gasteiger partial charge in [-0.3, -0.25) is 19.2 Å². The van der Waals surface area contributed by atoms with Crippen molar-refractivity contribution in [2.24, 2.45) is 5.41 Å². The van der Waals surface area contributed by atoms with Crippen molar-refractivity contribution in [1.82, 2.24) is 20.5 Å². The van der Waals surface area contributed by atoms with Crippen molar-refractivity contribution in [2.45, 2.75) is 91.0 Å². The minimum atomic E-state index is -0.892. The van der Waals surface area contributed by atoms with E-state index in [1.54, 1.807) is 11.3 Å². The number of amides is 3. The van der Waals surface area contributed by atoms with Crippen LogP contribution in [0.5, 0.6) is 0 Å². The van der Waals surface area contributed by atoms with Crippen LogP contribution >= 0.6 is 11.3 Å². The number of thiazole rings is 1. The number of methoxy groups -OCH3 is 1. The van der Waals surface area contributed by atoms with Crippen LogP contribution in [0.25, 0.3) is 10.4 Å². The van der Waals surface area contributed by atoms with Crippen LogP contribution in [-0.2, 0) is 23.9 Å². The maximum absolute atomic E-state index is 13.7. The third kappa shape index (κ3) is 8.59. The summed E-state index contributed by atoms with van der Waals surface area (Å²) in [7, 11) is 1.32. The third-order valence-electron chi connectivity index (χ3n) is 7.32. The zero-order chi connectivity index (χ0) is 30.3. The zero-order valence-corrected chi connectivity index (χ0v) is 25.5. The van der Waals surface area contributed by atoms with Crippen LogP contribution in [0.1, 0.15) is 77.1 Å². The average molecular weight is 587 g/mol. The Kier molecular flexibility index (Phi) is 11.0. The fraction of sp³-hybridized carbons (Fsp3) is 0.567. The highest BCUT2D eigenvalue weighted by Gasteiger charge is 2.44. The molecule has 4 unspecified atom stereocenters. The first-order chi connectivity index (χ1) is 19.3. The summed E-state index contributed by atoms with van der Waals surface area (Å²) in [5.41, 5.74) is 4.11. The molecule has 11 heteroatoms. The van der Waals surface area contributed by atoms with Crippen LogP contribution in [0.3, 0.4) is 0 Å². The van der Waals surface area contributed by atoms with E-state index in [1.165, 1.54) is 12.0 Å². The average Bonchev–Trinajstić information content (AvgIpc) is 3.53. The number of aliphatic hydroxyl groups is 1. The zero-order valence-electron chi connectivity index (χ0n) is 24.7. The van der Waals surface area contributed by atoms with Gasteiger partial charge in [-0.15, -0.1) is 11.3 Å². The summed E-state index contributed by atoms with van der Waals surface area (Å²) < 4.78 is 4.62. The summed E-state index contributed by atoms with van der Waals surface area (Å²) >= 11 is 1.58. The number of rotatable bonds is 11. The number of hydrogen-bond donors (Lipinski definition) is 3. The van der Waals surface area contributed by atoms with Gasteiger partial charge in [-0.05, 0) is 43.2 Å². The second-order valence-electron chi connectivity index (χ2n) is 11.7. The number of aromatic nitrogens is 1. The van der Waals surface area contributed by atoms with E-state index in [0.717, 1.165) is 21.7 Å². The van der Waals surface area contributed by atoms with E-state index in [9.17, 15) is 24.3 Å². The Morgan fingerprint density at radius 1 is 1.12 bits per heavy atom. The van der Waals surface area contributed by atoms with Crippen LogP contribution in [-0.4, -0.2) is 70.5 Å². The number of benzene rings is 1. The lowest BCUT2D eigenvalue weighted by molar-refractivity contribution is -0.144. The van der Waals surface area contributed by atoms with E-state index >= 15 is 0 Å². The van der Waals surface area contributed by atoms with Gasteiger partial charge in [-0.1, -0.05) is 45.0 Å². The molecule has 10 nitrogen and oxygen atoms in total. The molecule has 0 bridgehead atoms. The number of aliphatic hydroxyl groups excluding tert-OH is 1. The van der Waals surface area contributed by atoms with Gasteiger partial charge in [0.15, 0.2) is 0 Å². The summed E-state index contributed by atoms with van der Waals surface area (Å²) in [4.78, 5) is 57.9. The van der Waals surface area contributed by atoms with E-state index in [-0.39, 0.29) is 49.6 Å². The Morgan fingerprint density at radius 2 is 1.78 bits per heavy atom. The summed E-state index contributed by atoms with van der Waals surface area (Å²) in [6.07, 6.45) is 0.626. The molecule has 0 spiro atoms. The molecule has 3 amide bonds. The number of carbonyl (C=O) groups is 4. The van der Waals surface area contributed by atoms with Crippen LogP contribution in [0.2, 0.25) is 0 Å². The number of β-amino-alcohol motifs (C(OH)–C–C–N with tert-alkyl or cyclic N) is 1. The molecular formula is C30H42N4O6S. The molecule has 0 radical (unpaired) electrons. The predicted octanol–water partition coefficient (Wildman–Crippen LogP) is 3.52. The summed E-state index contributed by atoms with van der Waals surface area (Å²) in [6.45, 7) is 9.38. The second kappa shape index (κ2) is 14.0. The van der Waals surface area contributed by atoms with Crippen molar-refractivity contribution in [3.63, 3.8) is 0 Å². The number of esters is 1. The monoisotopic (exact) mass is 586 g/mol. The third-order valence-corrected chi connectivity index (χ3v) is 8.30. The maximum Gasteiger partial charge on any atom is 0.305 e. The van der Waals surface area contributed by atoms with Gasteiger partial charge in [0.25, 0.3) is 0 Å². The minimum Gasteiger partial charge on any atom is -0.469 e. The Hall–Kier alpha value is -3.31. The molecule has 3 rings (SSSR count). The molecule has 1 saturated heterocycles. The number of aryl methyl sites for hydroxylation is 1. The van der Waals surface area contributed by atoms with Gasteiger partial charge in [0.2, 0.25) is 17.7 Å². The molecule has 41 heavy (non-hydrogen) atoms. The fourth-order valence-electron chi connectivity index (χ4n) is 4.91. The van der Waals surface area contributed by atoms with Gasteiger partial charge >= 0.3 is 5.97 Å². The molecule has 1 fully saturated rings. The number of unbranched alkanes of at least 4 members (excludes halogenated alkanes) is 1. The highest BCUT2D eigenvalue weighted by Crippen LogP contribution is 2.29. The number of carbonyl (C=O) groups excluding carboxylic acids is 4. The molecule has 224 valence electrons. The van der Waals surface area contributed by atoms with Crippen molar-refractivity contribution in [1.29, 1.82) is 0 Å². The molecule has 1 aromatic carbocycles. The number of hydrogen-bond acceptors (Lipinski definition) is 8. The molecular weight excluding hydrogens is 544 g/mol. The van der Waals surface area contributed by atoms with Crippen LogP contribution in [0.15, 0.2) is 29.8 Å². The van der Waals surface area contributed by atoms with Gasteiger partial charge in [0, 0.05) is 25.8 Å². The SMILES string of the molecule is COC(=O)CCCCC(=O)NC(C(=O)N1CC(O)CC1C(=O)NC(C)c1ccc(-c2scnc2C)cc1)C(C)(C)C. The number of nitrogens with one attached hydrogen (secondary N) is 2. The van der Waals surface area contributed by atoms with Gasteiger partial charge in [-0.2, -0.15) is 0 Å². The van der Waals surface area contributed by atoms with Crippen molar-refractivity contribution < 1.29 is 29.0 Å². The first kappa shape index (κ1) is 32.2. The number of ether oxygens (including phenoxy) is 1. The summed E-state index contributed by atoms with van der Waals surface area (Å²) in [5, 5.41) is 16.3. The Balaban J connectivity index is 1.65. The number of likely N-dealkylation sites (tertiary alicyclic amines) is 1. The molecule has 2 heterocycles. The largest absolute Gasteiger partial charge is 0.469 e. The van der Waals surface area contributed by atoms with E-state index < -0.39 is 29.5 Å². The van der Waals surface area contributed by atoms with Crippen molar-refractivity contribution in [3.05, 3.63) is 41.0 Å². The van der Waals surface area contributed by atoms with Crippen LogP contribution in [0.4, 0.5) is 0 Å². The number of nitrogens with zero attached hydrogens (tertiary/aromatic N) is 2. The highest BCUT2D eigenvalue weighted by molar-refractivity contribution is 7.13. The standard InChI is InChI=1S/C30H42N4O6S/c1-18(20-11-13-21(14-12-20)26-19(2)31-17-41-26)32-28(38)23-15-22(35)16-34(23)29(39)27(30(3,4)5)33-24(36)9-7-8-10-25(37)40-6/h11-14,17-18,22-23,27,35H,7-10,15-16H2,1-6H3,(H,32,38)(H,33,36). The first-order valence-corrected chi connectivity index (χ1v) is 14.8. The van der Waals surface area contributed by atoms with Gasteiger partial charge in [0.1, 0.15) is 12.1 Å². The lowest BCUT2D eigenvalue weighted by Gasteiger charge is -2.35. The van der Waals surface area contributed by atoms with E-state index in [4.69, 9.17) is 0 Å². The smallest absolute Gasteiger partial charge is 0.305 e. The molecule has 2 aromatic rings. The van der Waals surface area contributed by atoms with E-state index in [1.807, 2.05) is 64.4 Å². The van der Waals surface area contributed by atoms with Crippen LogP contribution in [0, 0.1) is 12.3 Å². The van der Waals surface area contributed by atoms with Crippen molar-refractivity contribution >= 4 is 35.0 Å². The predicted molar refractivity (Wildman–Crippen MR) is 157 cm³/mol. The lowest BCUT2D eigenvalue weighted by atomic mass is 9.85. The van der Waals surface area contributed by atoms with Gasteiger partial charge in [0.05, 0.1) is 35.3 Å². The van der Waals surface area contributed by atoms with Gasteiger partial charge < -0.3 is 25.4 Å². The molecule has 0 aliphatic carbocycles. The Labute approximate surface area is 245 Å². The first-order valence-electron chi connectivity index (χ1n) is 14.0. The quantitative estimate of drug-likeness (QED) is 0.271. The molecule has 3 N–H and O–H groups in total. The summed E-state index contributed by atoms with van der Waals surface area (Å²) in [6, 6.07) is 5.85. The normalized spacial score (nSPS) is 18.5. The Bertz CT molecular complexity index is 1220. The van der Waals surface area contributed by atoms with Crippen molar-refractivity contribution in [3.8, 4) is 10.4 Å². The Morgan fingerprint density at radius 3 is 2.37 bits per heavy atom. The minimum absolute atomic E-state index is 0.00970. The topological polar surface area (TPSA) is 138 Å². The highest BCUT2D eigenvalue weighted by atomic mass is 32.1. The molecule has 1 aliphatic rings. The van der Waals surface area contributed by atoms with E-state index in [0.29, 0.717) is 12.8 Å². The maximum atomic E-state index is 13.7. The molecule has 0 saturated carbocycles. The molecule has 4 atom stereocenters. The van der Waals surface area contributed by atoms with Gasteiger partial charge in [-0.25, -0.2) is 4.98 Å². The van der Waals surface area contributed by atoms with Crippen LogP contribution < -0.4 is 10.6 Å². The summed E-state index contributed by atoms with van der Waals surface area (Å²) in [5.74, 6) is -1.41. The fourth-order valence-corrected chi connectivity index (χ4v) is 5.72. The van der Waals surface area contributed by atoms with E-state index in [2.05, 4.69) is 20.4 Å². The molecule has 1 aromatic heterocycles. The molecule has 1 aliphatic heterocycles. The lowest BCUT2D eigenvalue weighted by Crippen LogP contribution is -2.57. The van der Waals surface area contributed by atoms with Crippen molar-refractivity contribution in [2.75, 3.05) is 13.7 Å². The second-order valence-corrected chi connectivity index (χ2v) is 12.5.